The molecule has 2 aliphatic rings. The summed E-state index contributed by atoms with van der Waals surface area (Å²) in [5.74, 6) is 0. The third-order valence-corrected chi connectivity index (χ3v) is 3.46. The Kier molecular flexibility index (Phi) is 5.90. The molecule has 1 saturated carbocycles. The maximum Gasteiger partial charge on any atom is 0.0678 e. The van der Waals surface area contributed by atoms with Crippen molar-refractivity contribution in [1.29, 1.82) is 0 Å². The smallest absolute Gasteiger partial charge is 0.0678 e. The molecule has 0 aromatic rings. The fourth-order valence-corrected chi connectivity index (χ4v) is 2.72. The molecule has 17 heavy (non-hydrogen) atoms. The van der Waals surface area contributed by atoms with Gasteiger partial charge in [-0.3, -0.25) is 4.90 Å². The van der Waals surface area contributed by atoms with Crippen molar-refractivity contribution in [3.63, 3.8) is 0 Å². The van der Waals surface area contributed by atoms with Crippen LogP contribution in [0.4, 0.5) is 0 Å². The monoisotopic (exact) mass is 243 g/mol. The lowest BCUT2D eigenvalue weighted by Crippen LogP contribution is -2.47. The Morgan fingerprint density at radius 3 is 2.12 bits per heavy atom. The van der Waals surface area contributed by atoms with Crippen LogP contribution in [0, 0.1) is 5.41 Å². The van der Waals surface area contributed by atoms with Crippen molar-refractivity contribution in [2.75, 3.05) is 33.4 Å². The van der Waals surface area contributed by atoms with Gasteiger partial charge in [-0.25, -0.2) is 0 Å². The van der Waals surface area contributed by atoms with E-state index in [2.05, 4.69) is 18.7 Å². The number of ether oxygens (including phenoxy) is 2. The molecule has 2 atom stereocenters. The Bertz CT molecular complexity index is 206. The van der Waals surface area contributed by atoms with Crippen LogP contribution in [0.25, 0.3) is 0 Å². The Morgan fingerprint density at radius 1 is 1.18 bits per heavy atom. The molecule has 1 saturated heterocycles. The lowest BCUT2D eigenvalue weighted by Gasteiger charge is -2.37. The number of hydrogen-bond donors (Lipinski definition) is 0. The zero-order valence-corrected chi connectivity index (χ0v) is 12.2. The van der Waals surface area contributed by atoms with Crippen molar-refractivity contribution < 1.29 is 9.47 Å². The van der Waals surface area contributed by atoms with E-state index < -0.39 is 0 Å². The molecule has 0 aromatic heterocycles. The lowest BCUT2D eigenvalue weighted by atomic mass is 10.1. The minimum atomic E-state index is 0.382. The summed E-state index contributed by atoms with van der Waals surface area (Å²) >= 11 is 0. The highest BCUT2D eigenvalue weighted by Gasteiger charge is 2.44. The molecule has 0 spiro atoms. The van der Waals surface area contributed by atoms with Crippen molar-refractivity contribution in [2.45, 2.75) is 52.7 Å². The largest absolute Gasteiger partial charge is 0.384 e. The van der Waals surface area contributed by atoms with Gasteiger partial charge in [-0.15, -0.1) is 0 Å². The first-order valence-electron chi connectivity index (χ1n) is 7.00. The summed E-state index contributed by atoms with van der Waals surface area (Å²) in [6.45, 7) is 12.6. The van der Waals surface area contributed by atoms with Crippen LogP contribution in [0.2, 0.25) is 0 Å². The molecule has 0 unspecified atom stereocenters. The van der Waals surface area contributed by atoms with Gasteiger partial charge in [0.1, 0.15) is 0 Å². The fourth-order valence-electron chi connectivity index (χ4n) is 2.72. The highest BCUT2D eigenvalue weighted by molar-refractivity contribution is 4.96. The van der Waals surface area contributed by atoms with Crippen LogP contribution in [0.5, 0.6) is 0 Å². The number of rotatable bonds is 4. The number of morpholine rings is 1. The molecule has 0 amide bonds. The van der Waals surface area contributed by atoms with Gasteiger partial charge in [0.15, 0.2) is 0 Å². The van der Waals surface area contributed by atoms with E-state index in [0.717, 1.165) is 19.7 Å². The predicted molar refractivity (Wildman–Crippen MR) is 71.3 cm³/mol. The summed E-state index contributed by atoms with van der Waals surface area (Å²) in [6, 6.07) is 0. The summed E-state index contributed by atoms with van der Waals surface area (Å²) in [5, 5.41) is 0. The zero-order valence-electron chi connectivity index (χ0n) is 12.2. The molecular weight excluding hydrogens is 214 g/mol. The minimum Gasteiger partial charge on any atom is -0.384 e. The summed E-state index contributed by atoms with van der Waals surface area (Å²) in [6.07, 6.45) is 3.43. The van der Waals surface area contributed by atoms with Crippen LogP contribution in [0.3, 0.4) is 0 Å². The molecule has 0 radical (unpaired) electrons. The highest BCUT2D eigenvalue weighted by atomic mass is 16.5. The van der Waals surface area contributed by atoms with Gasteiger partial charge in [0.05, 0.1) is 18.8 Å². The zero-order chi connectivity index (χ0) is 12.9. The van der Waals surface area contributed by atoms with Crippen LogP contribution in [0.1, 0.15) is 40.5 Å². The molecule has 1 aliphatic heterocycles. The Morgan fingerprint density at radius 2 is 1.71 bits per heavy atom. The van der Waals surface area contributed by atoms with Crippen molar-refractivity contribution in [3.8, 4) is 0 Å². The molecular formula is C14H29NO2. The standard InChI is InChI=1S/C12H23NO2.C2H6/c1-10-6-13(7-11(2)15-10)8-12(4-5-12)9-14-3;1-2/h10-11H,4-9H2,1-3H3;1-2H3/t10-,11+;. The summed E-state index contributed by atoms with van der Waals surface area (Å²) < 4.78 is 11.0. The van der Waals surface area contributed by atoms with Gasteiger partial charge in [0.25, 0.3) is 0 Å². The van der Waals surface area contributed by atoms with E-state index in [-0.39, 0.29) is 0 Å². The molecule has 2 rings (SSSR count). The van der Waals surface area contributed by atoms with E-state index in [0.29, 0.717) is 17.6 Å². The van der Waals surface area contributed by atoms with E-state index in [1.165, 1.54) is 19.4 Å². The molecule has 0 aromatic carbocycles. The molecule has 1 aliphatic carbocycles. The van der Waals surface area contributed by atoms with Crippen LogP contribution < -0.4 is 0 Å². The molecule has 102 valence electrons. The summed E-state index contributed by atoms with van der Waals surface area (Å²) in [5.41, 5.74) is 0.478. The Labute approximate surface area is 106 Å². The number of nitrogens with zero attached hydrogens (tertiary/aromatic N) is 1. The van der Waals surface area contributed by atoms with E-state index in [1.807, 2.05) is 21.0 Å². The van der Waals surface area contributed by atoms with Crippen molar-refractivity contribution in [2.24, 2.45) is 5.41 Å². The fraction of sp³-hybridized carbons (Fsp3) is 1.00. The second-order valence-corrected chi connectivity index (χ2v) is 5.38. The molecule has 3 nitrogen and oxygen atoms in total. The van der Waals surface area contributed by atoms with Gasteiger partial charge in [-0.1, -0.05) is 13.8 Å². The van der Waals surface area contributed by atoms with E-state index in [9.17, 15) is 0 Å². The van der Waals surface area contributed by atoms with Crippen LogP contribution in [-0.4, -0.2) is 50.5 Å². The molecule has 0 N–H and O–H groups in total. The maximum absolute atomic E-state index is 5.74. The van der Waals surface area contributed by atoms with Gasteiger partial charge in [0.2, 0.25) is 0 Å². The molecule has 0 bridgehead atoms. The summed E-state index contributed by atoms with van der Waals surface area (Å²) in [7, 11) is 1.81. The quantitative estimate of drug-likeness (QED) is 0.757. The summed E-state index contributed by atoms with van der Waals surface area (Å²) in [4.78, 5) is 2.55. The first-order chi connectivity index (χ1) is 8.13. The van der Waals surface area contributed by atoms with Crippen LogP contribution >= 0.6 is 0 Å². The van der Waals surface area contributed by atoms with E-state index in [1.54, 1.807) is 0 Å². The first-order valence-corrected chi connectivity index (χ1v) is 7.00. The van der Waals surface area contributed by atoms with Crippen molar-refractivity contribution in [1.82, 2.24) is 4.90 Å². The van der Waals surface area contributed by atoms with E-state index in [4.69, 9.17) is 9.47 Å². The van der Waals surface area contributed by atoms with Gasteiger partial charge >= 0.3 is 0 Å². The molecule has 2 fully saturated rings. The average Bonchev–Trinajstić information content (AvgIpc) is 2.99. The Hall–Kier alpha value is -0.120. The SMILES string of the molecule is CC.COCC1(CN2C[C@@H](C)O[C@@H](C)C2)CC1. The predicted octanol–water partition coefficient (Wildman–Crippen LogP) is 2.55. The van der Waals surface area contributed by atoms with Gasteiger partial charge in [-0.05, 0) is 26.7 Å². The van der Waals surface area contributed by atoms with Crippen molar-refractivity contribution >= 4 is 0 Å². The third kappa shape index (κ3) is 4.57. The lowest BCUT2D eigenvalue weighted by molar-refractivity contribution is -0.0751. The second kappa shape index (κ2) is 6.72. The number of hydrogen-bond acceptors (Lipinski definition) is 3. The Balaban J connectivity index is 0.000000686. The van der Waals surface area contributed by atoms with Crippen LogP contribution in [-0.2, 0) is 9.47 Å². The average molecular weight is 243 g/mol. The third-order valence-electron chi connectivity index (χ3n) is 3.46. The minimum absolute atomic E-state index is 0.382. The van der Waals surface area contributed by atoms with Gasteiger partial charge in [0, 0.05) is 32.2 Å². The number of methoxy groups -OCH3 is 1. The first kappa shape index (κ1) is 14.9. The van der Waals surface area contributed by atoms with Crippen LogP contribution in [0.15, 0.2) is 0 Å². The maximum atomic E-state index is 5.74. The topological polar surface area (TPSA) is 21.7 Å². The molecule has 3 heteroatoms. The highest BCUT2D eigenvalue weighted by Crippen LogP contribution is 2.46. The van der Waals surface area contributed by atoms with Gasteiger partial charge in [-0.2, -0.15) is 0 Å². The molecule has 1 heterocycles. The van der Waals surface area contributed by atoms with E-state index >= 15 is 0 Å². The second-order valence-electron chi connectivity index (χ2n) is 5.38. The normalized spacial score (nSPS) is 31.6. The van der Waals surface area contributed by atoms with Crippen molar-refractivity contribution in [3.05, 3.63) is 0 Å². The van der Waals surface area contributed by atoms with Gasteiger partial charge < -0.3 is 9.47 Å².